The van der Waals surface area contributed by atoms with Gasteiger partial charge in [0, 0.05) is 16.1 Å². The number of halogens is 1. The number of ether oxygens (including phenoxy) is 1. The summed E-state index contributed by atoms with van der Waals surface area (Å²) in [5.74, 6) is 0.763. The minimum Gasteiger partial charge on any atom is -0.486 e. The highest BCUT2D eigenvalue weighted by atomic mass is 35.5. The van der Waals surface area contributed by atoms with Gasteiger partial charge >= 0.3 is 0 Å². The van der Waals surface area contributed by atoms with E-state index in [2.05, 4.69) is 10.3 Å². The Labute approximate surface area is 205 Å². The highest BCUT2D eigenvalue weighted by molar-refractivity contribution is 7.09. The molecule has 2 heterocycles. The van der Waals surface area contributed by atoms with Crippen LogP contribution in [0.1, 0.15) is 16.5 Å². The summed E-state index contributed by atoms with van der Waals surface area (Å²) in [4.78, 5) is 31.6. The zero-order chi connectivity index (χ0) is 23.8. The van der Waals surface area contributed by atoms with Crippen molar-refractivity contribution in [3.63, 3.8) is 0 Å². The van der Waals surface area contributed by atoms with E-state index >= 15 is 0 Å². The first kappa shape index (κ1) is 23.5. The molecule has 2 aromatic carbocycles. The zero-order valence-corrected chi connectivity index (χ0v) is 19.7. The number of rotatable bonds is 10. The molecule has 4 aromatic rings. The molecule has 0 aliphatic heterocycles. The van der Waals surface area contributed by atoms with E-state index in [1.54, 1.807) is 48.5 Å². The average molecular weight is 496 g/mol. The fourth-order valence-corrected chi connectivity index (χ4v) is 3.99. The maximum atomic E-state index is 13.1. The normalized spacial score (nSPS) is 10.6. The number of para-hydroxylation sites is 1. The second-order valence-corrected chi connectivity index (χ2v) is 8.77. The van der Waals surface area contributed by atoms with Crippen molar-refractivity contribution in [2.75, 3.05) is 11.9 Å². The lowest BCUT2D eigenvalue weighted by Gasteiger charge is -2.21. The predicted octanol–water partition coefficient (Wildman–Crippen LogP) is 5.18. The standard InChI is InChI=1S/C25H22ClN3O4S/c26-18-8-10-21(11-9-18)33-16-24-28-20(17-34-24)13-25(31)29(14-22-7-4-12-32-22)15-23(30)27-19-5-2-1-3-6-19/h1-12,17H,13-16H2,(H,27,30). The summed E-state index contributed by atoms with van der Waals surface area (Å²) in [5, 5.41) is 6.02. The molecular formula is C25H22ClN3O4S. The molecule has 0 fully saturated rings. The van der Waals surface area contributed by atoms with Crippen LogP contribution in [0.4, 0.5) is 5.69 Å². The van der Waals surface area contributed by atoms with Crippen LogP contribution in [0.25, 0.3) is 0 Å². The molecule has 2 amide bonds. The largest absolute Gasteiger partial charge is 0.486 e. The molecule has 4 rings (SSSR count). The van der Waals surface area contributed by atoms with Crippen LogP contribution < -0.4 is 10.1 Å². The van der Waals surface area contributed by atoms with Crippen molar-refractivity contribution in [2.24, 2.45) is 0 Å². The fraction of sp³-hybridized carbons (Fsp3) is 0.160. The van der Waals surface area contributed by atoms with Crippen LogP contribution in [0.2, 0.25) is 5.02 Å². The number of furan rings is 1. The molecule has 174 valence electrons. The highest BCUT2D eigenvalue weighted by Crippen LogP contribution is 2.19. The number of hydrogen-bond donors (Lipinski definition) is 1. The third kappa shape index (κ3) is 6.94. The van der Waals surface area contributed by atoms with Gasteiger partial charge in [-0.05, 0) is 48.5 Å². The molecule has 1 N–H and O–H groups in total. The predicted molar refractivity (Wildman–Crippen MR) is 131 cm³/mol. The van der Waals surface area contributed by atoms with Gasteiger partial charge in [-0.15, -0.1) is 11.3 Å². The van der Waals surface area contributed by atoms with E-state index in [1.165, 1.54) is 22.5 Å². The van der Waals surface area contributed by atoms with E-state index in [4.69, 9.17) is 20.8 Å². The van der Waals surface area contributed by atoms with Crippen molar-refractivity contribution in [1.82, 2.24) is 9.88 Å². The third-order valence-electron chi connectivity index (χ3n) is 4.78. The number of carbonyl (C=O) groups excluding carboxylic acids is 2. The summed E-state index contributed by atoms with van der Waals surface area (Å²) in [6.07, 6.45) is 1.60. The molecule has 0 saturated carbocycles. The van der Waals surface area contributed by atoms with Crippen molar-refractivity contribution >= 4 is 40.4 Å². The summed E-state index contributed by atoms with van der Waals surface area (Å²) in [6.45, 7) is 0.367. The van der Waals surface area contributed by atoms with Crippen LogP contribution in [0.15, 0.2) is 82.8 Å². The zero-order valence-electron chi connectivity index (χ0n) is 18.1. The number of amides is 2. The van der Waals surface area contributed by atoms with Crippen molar-refractivity contribution in [3.05, 3.63) is 99.9 Å². The molecule has 0 aliphatic rings. The van der Waals surface area contributed by atoms with Crippen molar-refractivity contribution in [2.45, 2.75) is 19.6 Å². The van der Waals surface area contributed by atoms with E-state index in [0.717, 1.165) is 5.01 Å². The molecule has 7 nitrogen and oxygen atoms in total. The van der Waals surface area contributed by atoms with Crippen LogP contribution in [0.5, 0.6) is 5.75 Å². The molecular weight excluding hydrogens is 474 g/mol. The average Bonchev–Trinajstić information content (AvgIpc) is 3.51. The molecule has 0 radical (unpaired) electrons. The third-order valence-corrected chi connectivity index (χ3v) is 5.90. The van der Waals surface area contributed by atoms with E-state index in [0.29, 0.717) is 27.9 Å². The van der Waals surface area contributed by atoms with Crippen LogP contribution in [0, 0.1) is 0 Å². The summed E-state index contributed by atoms with van der Waals surface area (Å²) >= 11 is 7.31. The Morgan fingerprint density at radius 2 is 1.85 bits per heavy atom. The molecule has 0 spiro atoms. The Kier molecular flexibility index (Phi) is 7.95. The first-order valence-corrected chi connectivity index (χ1v) is 11.8. The van der Waals surface area contributed by atoms with Gasteiger partial charge in [0.15, 0.2) is 0 Å². The number of anilines is 1. The molecule has 2 aromatic heterocycles. The van der Waals surface area contributed by atoms with Gasteiger partial charge in [0.1, 0.15) is 29.7 Å². The van der Waals surface area contributed by atoms with Crippen LogP contribution in [-0.2, 0) is 29.2 Å². The second-order valence-electron chi connectivity index (χ2n) is 7.40. The van der Waals surface area contributed by atoms with Gasteiger partial charge < -0.3 is 19.4 Å². The number of carbonyl (C=O) groups is 2. The van der Waals surface area contributed by atoms with E-state index in [-0.39, 0.29) is 37.9 Å². The van der Waals surface area contributed by atoms with E-state index in [9.17, 15) is 9.59 Å². The van der Waals surface area contributed by atoms with Crippen LogP contribution >= 0.6 is 22.9 Å². The number of benzene rings is 2. The minimum absolute atomic E-state index is 0.0662. The number of hydrogen-bond acceptors (Lipinski definition) is 6. The Hall–Kier alpha value is -3.62. The minimum atomic E-state index is -0.290. The van der Waals surface area contributed by atoms with Gasteiger partial charge in [0.05, 0.1) is 24.9 Å². The van der Waals surface area contributed by atoms with Gasteiger partial charge in [-0.25, -0.2) is 4.98 Å². The van der Waals surface area contributed by atoms with Crippen LogP contribution in [0.3, 0.4) is 0 Å². The monoisotopic (exact) mass is 495 g/mol. The lowest BCUT2D eigenvalue weighted by molar-refractivity contribution is -0.135. The molecule has 0 bridgehead atoms. The van der Waals surface area contributed by atoms with Gasteiger partial charge in [0.2, 0.25) is 11.8 Å². The summed E-state index contributed by atoms with van der Waals surface area (Å²) in [6, 6.07) is 19.7. The smallest absolute Gasteiger partial charge is 0.244 e. The Balaban J connectivity index is 1.36. The van der Waals surface area contributed by atoms with E-state index in [1.807, 2.05) is 23.6 Å². The van der Waals surface area contributed by atoms with Crippen molar-refractivity contribution < 1.29 is 18.7 Å². The fourth-order valence-electron chi connectivity index (χ4n) is 3.16. The van der Waals surface area contributed by atoms with Crippen molar-refractivity contribution in [3.8, 4) is 5.75 Å². The summed E-state index contributed by atoms with van der Waals surface area (Å²) in [5.41, 5.74) is 1.29. The lowest BCUT2D eigenvalue weighted by atomic mass is 10.2. The number of aromatic nitrogens is 1. The first-order valence-electron chi connectivity index (χ1n) is 10.5. The van der Waals surface area contributed by atoms with Gasteiger partial charge in [0.25, 0.3) is 0 Å². The lowest BCUT2D eigenvalue weighted by Crippen LogP contribution is -2.38. The molecule has 0 unspecified atom stereocenters. The molecule has 34 heavy (non-hydrogen) atoms. The highest BCUT2D eigenvalue weighted by Gasteiger charge is 2.20. The first-order chi connectivity index (χ1) is 16.5. The summed E-state index contributed by atoms with van der Waals surface area (Å²) in [7, 11) is 0. The second kappa shape index (κ2) is 11.5. The number of nitrogens with zero attached hydrogens (tertiary/aromatic N) is 2. The SMILES string of the molecule is O=C(CN(Cc1ccco1)C(=O)Cc1csc(COc2ccc(Cl)cc2)n1)Nc1ccccc1. The molecule has 0 atom stereocenters. The van der Waals surface area contributed by atoms with Gasteiger partial charge in [-0.3, -0.25) is 9.59 Å². The van der Waals surface area contributed by atoms with Gasteiger partial charge in [-0.2, -0.15) is 0 Å². The molecule has 0 aliphatic carbocycles. The Bertz CT molecular complexity index is 1210. The maximum absolute atomic E-state index is 13.1. The van der Waals surface area contributed by atoms with Crippen LogP contribution in [-0.4, -0.2) is 28.2 Å². The Morgan fingerprint density at radius 1 is 1.06 bits per heavy atom. The van der Waals surface area contributed by atoms with Gasteiger partial charge in [-0.1, -0.05) is 29.8 Å². The van der Waals surface area contributed by atoms with E-state index < -0.39 is 0 Å². The summed E-state index contributed by atoms with van der Waals surface area (Å²) < 4.78 is 11.1. The number of nitrogens with one attached hydrogen (secondary N) is 1. The quantitative estimate of drug-likeness (QED) is 0.328. The molecule has 9 heteroatoms. The number of thiazole rings is 1. The van der Waals surface area contributed by atoms with Crippen molar-refractivity contribution in [1.29, 1.82) is 0 Å². The maximum Gasteiger partial charge on any atom is 0.244 e. The topological polar surface area (TPSA) is 84.7 Å². The molecule has 0 saturated heterocycles. The Morgan fingerprint density at radius 3 is 2.59 bits per heavy atom.